The summed E-state index contributed by atoms with van der Waals surface area (Å²) in [7, 11) is 0. The monoisotopic (exact) mass is 168 g/mol. The second-order valence-corrected chi connectivity index (χ2v) is 2.57. The van der Waals surface area contributed by atoms with Crippen LogP contribution in [0, 0.1) is 5.41 Å². The van der Waals surface area contributed by atoms with E-state index in [-0.39, 0.29) is 5.17 Å². The van der Waals surface area contributed by atoms with E-state index in [9.17, 15) is 0 Å². The van der Waals surface area contributed by atoms with Crippen LogP contribution >= 0.6 is 23.4 Å². The van der Waals surface area contributed by atoms with Crippen LogP contribution in [0.2, 0.25) is 0 Å². The molecule has 0 aromatic carbocycles. The lowest BCUT2D eigenvalue weighted by molar-refractivity contribution is 0.202. The van der Waals surface area contributed by atoms with Crippen molar-refractivity contribution in [3.63, 3.8) is 0 Å². The van der Waals surface area contributed by atoms with Gasteiger partial charge in [0.05, 0.1) is 12.5 Å². The zero-order valence-corrected chi connectivity index (χ0v) is 6.47. The SMILES string of the molecule is N=C(N)SCOCCCl. The van der Waals surface area contributed by atoms with E-state index >= 15 is 0 Å². The predicted octanol–water partition coefficient (Wildman–Crippen LogP) is 0.826. The van der Waals surface area contributed by atoms with E-state index in [0.29, 0.717) is 18.4 Å². The fourth-order valence-corrected chi connectivity index (χ4v) is 0.656. The maximum atomic E-state index is 6.76. The minimum absolute atomic E-state index is 0.0737. The molecule has 0 heterocycles. The molecule has 0 bridgehead atoms. The van der Waals surface area contributed by atoms with Crippen LogP contribution in [0.4, 0.5) is 0 Å². The van der Waals surface area contributed by atoms with Gasteiger partial charge in [0.25, 0.3) is 0 Å². The van der Waals surface area contributed by atoms with Gasteiger partial charge in [-0.2, -0.15) is 0 Å². The Morgan fingerprint density at radius 1 is 1.78 bits per heavy atom. The number of rotatable bonds is 4. The predicted molar refractivity (Wildman–Crippen MR) is 41.0 cm³/mol. The molecule has 3 N–H and O–H groups in total. The summed E-state index contributed by atoms with van der Waals surface area (Å²) >= 11 is 6.45. The molecule has 0 aromatic heterocycles. The normalized spacial score (nSPS) is 9.44. The molecule has 0 aliphatic rings. The van der Waals surface area contributed by atoms with E-state index in [1.54, 1.807) is 0 Å². The van der Waals surface area contributed by atoms with Crippen molar-refractivity contribution in [3.05, 3.63) is 0 Å². The number of halogens is 1. The van der Waals surface area contributed by atoms with Crippen LogP contribution < -0.4 is 5.73 Å². The minimum atomic E-state index is 0.0737. The van der Waals surface area contributed by atoms with Crippen LogP contribution in [0.3, 0.4) is 0 Å². The number of nitrogens with two attached hydrogens (primary N) is 1. The van der Waals surface area contributed by atoms with Gasteiger partial charge in [-0.25, -0.2) is 0 Å². The molecule has 0 amide bonds. The summed E-state index contributed by atoms with van der Waals surface area (Å²) in [6.07, 6.45) is 0. The molecule has 0 aromatic rings. The smallest absolute Gasteiger partial charge is 0.153 e. The molecule has 0 aliphatic heterocycles. The summed E-state index contributed by atoms with van der Waals surface area (Å²) in [5, 5.41) is 6.83. The highest BCUT2D eigenvalue weighted by atomic mass is 35.5. The lowest BCUT2D eigenvalue weighted by Gasteiger charge is -1.97. The largest absolute Gasteiger partial charge is 0.379 e. The highest BCUT2D eigenvalue weighted by molar-refractivity contribution is 8.13. The van der Waals surface area contributed by atoms with Gasteiger partial charge in [-0.3, -0.25) is 5.41 Å². The molecule has 3 nitrogen and oxygen atoms in total. The lowest BCUT2D eigenvalue weighted by atomic mass is 10.9. The molecular formula is C4H9ClN2OS. The van der Waals surface area contributed by atoms with Crippen molar-refractivity contribution in [3.8, 4) is 0 Å². The molecule has 0 rings (SSSR count). The Bertz CT molecular complexity index is 90.6. The number of amidine groups is 1. The fraction of sp³-hybridized carbons (Fsp3) is 0.750. The van der Waals surface area contributed by atoms with Crippen LogP contribution in [0.25, 0.3) is 0 Å². The third kappa shape index (κ3) is 8.07. The fourth-order valence-electron chi connectivity index (χ4n) is 0.219. The van der Waals surface area contributed by atoms with Gasteiger partial charge >= 0.3 is 0 Å². The van der Waals surface area contributed by atoms with Gasteiger partial charge in [0.1, 0.15) is 0 Å². The Hall–Kier alpha value is 0.0700. The molecule has 0 radical (unpaired) electrons. The maximum absolute atomic E-state index is 6.76. The Morgan fingerprint density at radius 3 is 2.89 bits per heavy atom. The number of ether oxygens (including phenoxy) is 1. The van der Waals surface area contributed by atoms with Gasteiger partial charge in [0, 0.05) is 5.88 Å². The molecule has 0 aliphatic carbocycles. The van der Waals surface area contributed by atoms with Crippen molar-refractivity contribution in [2.45, 2.75) is 0 Å². The quantitative estimate of drug-likeness (QED) is 0.215. The summed E-state index contributed by atoms with van der Waals surface area (Å²) in [4.78, 5) is 0. The van der Waals surface area contributed by atoms with Crippen LogP contribution in [0.15, 0.2) is 0 Å². The highest BCUT2D eigenvalue weighted by Gasteiger charge is 1.88. The zero-order valence-electron chi connectivity index (χ0n) is 4.89. The molecule has 0 saturated heterocycles. The first-order valence-electron chi connectivity index (χ1n) is 2.38. The van der Waals surface area contributed by atoms with E-state index in [1.165, 1.54) is 0 Å². The van der Waals surface area contributed by atoms with Crippen molar-refractivity contribution in [2.75, 3.05) is 18.4 Å². The van der Waals surface area contributed by atoms with Gasteiger partial charge in [-0.1, -0.05) is 11.8 Å². The van der Waals surface area contributed by atoms with Crippen LogP contribution in [-0.2, 0) is 4.74 Å². The molecule has 0 fully saturated rings. The topological polar surface area (TPSA) is 59.1 Å². The van der Waals surface area contributed by atoms with Crippen molar-refractivity contribution >= 4 is 28.5 Å². The van der Waals surface area contributed by atoms with Crippen molar-refractivity contribution in [1.82, 2.24) is 0 Å². The first-order chi connectivity index (χ1) is 4.27. The second-order valence-electron chi connectivity index (χ2n) is 1.22. The summed E-state index contributed by atoms with van der Waals surface area (Å²) in [5.74, 6) is 0.903. The summed E-state index contributed by atoms with van der Waals surface area (Å²) in [6, 6.07) is 0. The number of hydrogen-bond donors (Lipinski definition) is 2. The van der Waals surface area contributed by atoms with Crippen LogP contribution in [0.1, 0.15) is 0 Å². The van der Waals surface area contributed by atoms with E-state index in [4.69, 9.17) is 27.5 Å². The third-order valence-electron chi connectivity index (χ3n) is 0.519. The molecule has 9 heavy (non-hydrogen) atoms. The minimum Gasteiger partial charge on any atom is -0.379 e. The molecule has 0 saturated carbocycles. The van der Waals surface area contributed by atoms with Crippen molar-refractivity contribution < 1.29 is 4.74 Å². The van der Waals surface area contributed by atoms with Gasteiger partial charge in [0.15, 0.2) is 5.17 Å². The first kappa shape index (κ1) is 9.07. The Kier molecular flexibility index (Phi) is 6.24. The first-order valence-corrected chi connectivity index (χ1v) is 3.90. The number of nitrogens with one attached hydrogen (secondary N) is 1. The van der Waals surface area contributed by atoms with Crippen molar-refractivity contribution in [1.29, 1.82) is 5.41 Å². The Morgan fingerprint density at radius 2 is 2.44 bits per heavy atom. The molecular weight excluding hydrogens is 160 g/mol. The van der Waals surface area contributed by atoms with E-state index in [1.807, 2.05) is 0 Å². The zero-order chi connectivity index (χ0) is 7.11. The highest BCUT2D eigenvalue weighted by Crippen LogP contribution is 1.97. The Balaban J connectivity index is 2.83. The summed E-state index contributed by atoms with van der Waals surface area (Å²) < 4.78 is 4.90. The Labute approximate surface area is 63.4 Å². The van der Waals surface area contributed by atoms with Crippen LogP contribution in [-0.4, -0.2) is 23.6 Å². The number of hydrogen-bond acceptors (Lipinski definition) is 3. The van der Waals surface area contributed by atoms with E-state index in [0.717, 1.165) is 11.8 Å². The summed E-state index contributed by atoms with van der Waals surface area (Å²) in [6.45, 7) is 0.516. The average molecular weight is 169 g/mol. The van der Waals surface area contributed by atoms with Crippen molar-refractivity contribution in [2.24, 2.45) is 5.73 Å². The standard InChI is InChI=1S/C4H9ClN2OS/c5-1-2-8-3-9-4(6)7/h1-3H2,(H3,6,7). The van der Waals surface area contributed by atoms with E-state index < -0.39 is 0 Å². The molecule has 0 spiro atoms. The maximum Gasteiger partial charge on any atom is 0.153 e. The van der Waals surface area contributed by atoms with Gasteiger partial charge in [-0.05, 0) is 0 Å². The number of alkyl halides is 1. The molecule has 0 atom stereocenters. The number of thioether (sulfide) groups is 1. The second kappa shape index (κ2) is 6.19. The van der Waals surface area contributed by atoms with Crippen LogP contribution in [0.5, 0.6) is 0 Å². The molecule has 5 heteroatoms. The molecule has 0 unspecified atom stereocenters. The van der Waals surface area contributed by atoms with Gasteiger partial charge in [0.2, 0.25) is 0 Å². The summed E-state index contributed by atoms with van der Waals surface area (Å²) in [5.41, 5.74) is 5.01. The average Bonchev–Trinajstić information content (AvgIpc) is 1.80. The van der Waals surface area contributed by atoms with E-state index in [2.05, 4.69) is 0 Å². The van der Waals surface area contributed by atoms with Gasteiger partial charge in [-0.15, -0.1) is 11.6 Å². The van der Waals surface area contributed by atoms with Gasteiger partial charge < -0.3 is 10.5 Å². The third-order valence-corrected chi connectivity index (χ3v) is 1.27. The molecule has 54 valence electrons. The lowest BCUT2D eigenvalue weighted by Crippen LogP contribution is -2.06.